The van der Waals surface area contributed by atoms with Crippen LogP contribution in [-0.2, 0) is 38.2 Å². The van der Waals surface area contributed by atoms with E-state index in [9.17, 15) is 24.0 Å². The summed E-state index contributed by atoms with van der Waals surface area (Å²) in [5.41, 5.74) is 1.28. The molecule has 0 spiro atoms. The minimum Gasteiger partial charge on any atom is -0.465 e. The third kappa shape index (κ3) is 138. The van der Waals surface area contributed by atoms with Gasteiger partial charge in [-0.1, -0.05) is 478 Å². The lowest BCUT2D eigenvalue weighted by Gasteiger charge is -2.29. The van der Waals surface area contributed by atoms with Gasteiger partial charge in [-0.2, -0.15) is 0 Å². The summed E-state index contributed by atoms with van der Waals surface area (Å²) in [4.78, 5) is 59.3. The Kier molecular flexibility index (Phi) is 113. The number of amides is 1. The van der Waals surface area contributed by atoms with Gasteiger partial charge in [0.25, 0.3) is 0 Å². The molecule has 3 atom stereocenters. The number of nitrogens with one attached hydrogen (secondary N) is 1. The fourth-order valence-corrected chi connectivity index (χ4v) is 15.1. The molecule has 0 aliphatic rings. The molecule has 0 aliphatic heterocycles. The van der Waals surface area contributed by atoms with E-state index in [1.807, 2.05) is 0 Å². The van der Waals surface area contributed by atoms with Crippen molar-refractivity contribution in [3.8, 4) is 0 Å². The van der Waals surface area contributed by atoms with Crippen molar-refractivity contribution in [3.05, 3.63) is 267 Å². The van der Waals surface area contributed by atoms with Gasteiger partial charge in [0, 0.05) is 45.1 Å². The predicted octanol–water partition coefficient (Wildman–Crippen LogP) is 43.3. The molecule has 0 saturated carbocycles. The first-order valence-electron chi connectivity index (χ1n) is 59.6. The lowest BCUT2D eigenvalue weighted by atomic mass is 9.80. The number of ketones is 1. The second-order valence-corrected chi connectivity index (χ2v) is 45.5. The maximum absolute atomic E-state index is 12.0. The maximum atomic E-state index is 12.0. The monoisotopic (exact) mass is 2050 g/mol. The van der Waals surface area contributed by atoms with Crippen LogP contribution in [0.15, 0.2) is 267 Å². The van der Waals surface area contributed by atoms with Gasteiger partial charge in [0.2, 0.25) is 5.91 Å². The molecule has 3 unspecified atom stereocenters. The Morgan fingerprint density at radius 3 is 0.757 bits per heavy atom. The highest BCUT2D eigenvalue weighted by molar-refractivity contribution is 5.78. The third-order valence-electron chi connectivity index (χ3n) is 23.9. The van der Waals surface area contributed by atoms with Crippen LogP contribution >= 0.6 is 0 Å². The topological polar surface area (TPSA) is 125 Å². The molecule has 0 heterocycles. The van der Waals surface area contributed by atoms with Crippen molar-refractivity contribution in [3.63, 3.8) is 0 Å². The summed E-state index contributed by atoms with van der Waals surface area (Å²) in [7, 11) is 0. The molecule has 0 aromatic carbocycles. The molecule has 0 radical (unpaired) electrons. The van der Waals surface area contributed by atoms with Gasteiger partial charge in [0.1, 0.15) is 11.9 Å². The van der Waals surface area contributed by atoms with E-state index in [2.05, 4.69) is 432 Å². The molecule has 0 bridgehead atoms. The number of ether oxygens (including phenoxy) is 3. The van der Waals surface area contributed by atoms with E-state index < -0.39 is 0 Å². The minimum atomic E-state index is -0.0633. The highest BCUT2D eigenvalue weighted by Crippen LogP contribution is 2.30. The number of carbonyl (C=O) groups excluding carboxylic acids is 5. The van der Waals surface area contributed by atoms with E-state index in [-0.39, 0.29) is 51.6 Å². The van der Waals surface area contributed by atoms with Crippen LogP contribution in [0.1, 0.15) is 519 Å². The van der Waals surface area contributed by atoms with E-state index in [1.54, 1.807) is 0 Å². The smallest absolute Gasteiger partial charge is 0.306 e. The summed E-state index contributed by atoms with van der Waals surface area (Å²) in [5.74, 6) is 1.25. The van der Waals surface area contributed by atoms with Gasteiger partial charge < -0.3 is 19.5 Å². The molecule has 0 fully saturated rings. The minimum absolute atomic E-state index is 0.0500. The maximum Gasteiger partial charge on any atom is 0.306 e. The average molecular weight is 2050 g/mol. The number of rotatable bonds is 84. The van der Waals surface area contributed by atoms with Crippen LogP contribution in [-0.4, -0.2) is 55.5 Å². The Morgan fingerprint density at radius 1 is 0.243 bits per heavy atom. The molecule has 148 heavy (non-hydrogen) atoms. The van der Waals surface area contributed by atoms with Crippen LogP contribution in [0.25, 0.3) is 0 Å². The van der Waals surface area contributed by atoms with Crippen molar-refractivity contribution >= 4 is 29.6 Å². The van der Waals surface area contributed by atoms with Crippen LogP contribution in [0.2, 0.25) is 0 Å². The van der Waals surface area contributed by atoms with Crippen molar-refractivity contribution in [2.45, 2.75) is 525 Å². The van der Waals surface area contributed by atoms with Gasteiger partial charge in [-0.05, 0) is 309 Å². The van der Waals surface area contributed by atoms with Crippen molar-refractivity contribution in [1.82, 2.24) is 5.32 Å². The number of hydrogen-bond acceptors (Lipinski definition) is 8. The summed E-state index contributed by atoms with van der Waals surface area (Å²) in [5, 5.41) is 3.01. The number of Topliss-reactive ketones (excluding diaryl/α,β-unsaturated/α-hetero) is 1. The zero-order valence-electron chi connectivity index (χ0n) is 101. The summed E-state index contributed by atoms with van der Waals surface area (Å²) < 4.78 is 16.5. The van der Waals surface area contributed by atoms with E-state index in [0.29, 0.717) is 68.4 Å². The van der Waals surface area contributed by atoms with E-state index in [4.69, 9.17) is 14.2 Å². The molecule has 1 N–H and O–H groups in total. The normalized spacial score (nSPS) is 13.6. The quantitative estimate of drug-likeness (QED) is 0.0276. The number of esters is 3. The fraction of sp³-hybridized carbons (Fsp3) is 0.647. The van der Waals surface area contributed by atoms with Crippen molar-refractivity contribution in [2.75, 3.05) is 19.8 Å². The Bertz CT molecular complexity index is 3730. The second kappa shape index (κ2) is 113. The van der Waals surface area contributed by atoms with Crippen LogP contribution in [0.5, 0.6) is 0 Å². The zero-order valence-corrected chi connectivity index (χ0v) is 101. The largest absolute Gasteiger partial charge is 0.465 e. The molecule has 0 rings (SSSR count). The van der Waals surface area contributed by atoms with Crippen LogP contribution in [0.3, 0.4) is 0 Å². The van der Waals surface area contributed by atoms with E-state index in [0.717, 1.165) is 231 Å². The highest BCUT2D eigenvalue weighted by Gasteiger charge is 2.25. The highest BCUT2D eigenvalue weighted by atomic mass is 16.5. The molecule has 844 valence electrons. The molecule has 0 saturated heterocycles. The Morgan fingerprint density at radius 2 is 0.500 bits per heavy atom. The predicted molar refractivity (Wildman–Crippen MR) is 659 cm³/mol. The van der Waals surface area contributed by atoms with E-state index >= 15 is 0 Å². The van der Waals surface area contributed by atoms with E-state index in [1.165, 1.54) is 103 Å². The van der Waals surface area contributed by atoms with Crippen LogP contribution in [0, 0.1) is 38.9 Å². The summed E-state index contributed by atoms with van der Waals surface area (Å²) >= 11 is 0. The molecule has 0 aromatic rings. The molecule has 0 aliphatic carbocycles. The zero-order chi connectivity index (χ0) is 111. The number of allylic oxidation sites excluding steroid dienone is 44. The fourth-order valence-electron chi connectivity index (χ4n) is 15.1. The number of hydrogen-bond donors (Lipinski definition) is 1. The van der Waals surface area contributed by atoms with Crippen molar-refractivity contribution in [2.24, 2.45) is 38.9 Å². The van der Waals surface area contributed by atoms with Crippen molar-refractivity contribution < 1.29 is 38.2 Å². The number of carbonyl (C=O) groups is 5. The van der Waals surface area contributed by atoms with Gasteiger partial charge in [-0.15, -0.1) is 0 Å². The molecule has 0 aromatic heterocycles. The standard InChI is InChI=1S/C29H46O.3C28H48O2.C26H45NO/c1-5-6-7-8-9-10-11-12-13-14-15-16-17-18-19-20-21-22-23-25-28(30)26-24-27-29(2,3)4;1-6-7-8-9-10-11-12-13-14-15-16-17-18-19-20-21-22-23-27(29)30-25-26(2)24-28(3,4)5;1-6-8-9-10-11-12-13-14-15-16-17-18-19-20-21-22-23-24-27(29)30-25-26(7-2)28(3,4)5;1-6-8-9-10-11-12-13-14-15-16-17-18-19-20-21-22-23-24-27(29)30-26(7-2)25-28(3,4)5;1-5-6-7-8-9-10-11-12-13-14-15-16-17-18-19-20-21-22-25(28)27-24-23-26(2,3)4/h6-7,9-10,12-13,15-16,18-19,21-22H,5,8,11,14,17,20,23-27H2,1-4H3;10-11,13-14,16-17,19-20,26H,6-9,12,15,18,21-25H2,1-5H3;2*11-12,14-15,17-18,20-21,26H,6-10,13,16,19,22-25H2,1-5H3;9-10,12-13,15-16,18-19H,5-8,11,14,17,20-24H2,1-4H3,(H,27,28)/b7-6-,10-9-,13-12-,16-15-,19-18-,22-21-;11-10-,14-13-,17-16-,20-19-;2*12-11-,15-14-,18-17-,21-20-;10-9-,13-12-,16-15-,19-18-. The lowest BCUT2D eigenvalue weighted by Crippen LogP contribution is -2.26. The van der Waals surface area contributed by atoms with Gasteiger partial charge in [-0.3, -0.25) is 24.0 Å². The van der Waals surface area contributed by atoms with Gasteiger partial charge in [0.15, 0.2) is 0 Å². The second-order valence-electron chi connectivity index (χ2n) is 45.5. The molecule has 1 amide bonds. The van der Waals surface area contributed by atoms with Gasteiger partial charge in [0.05, 0.1) is 13.2 Å². The first-order valence-corrected chi connectivity index (χ1v) is 59.6. The Hall–Kier alpha value is -8.17. The Labute approximate surface area is 918 Å². The van der Waals surface area contributed by atoms with Crippen LogP contribution < -0.4 is 5.32 Å². The first kappa shape index (κ1) is 148. The third-order valence-corrected chi connectivity index (χ3v) is 23.9. The van der Waals surface area contributed by atoms with Gasteiger partial charge in [-0.25, -0.2) is 0 Å². The molecular weight excluding hydrogens is 1810 g/mol. The van der Waals surface area contributed by atoms with Crippen LogP contribution in [0.4, 0.5) is 0 Å². The van der Waals surface area contributed by atoms with Gasteiger partial charge >= 0.3 is 17.9 Å². The summed E-state index contributed by atoms with van der Waals surface area (Å²) in [6, 6.07) is 0. The summed E-state index contributed by atoms with van der Waals surface area (Å²) in [6.45, 7) is 52.5. The molecule has 9 nitrogen and oxygen atoms in total. The Balaban J connectivity index is -0.000000576. The van der Waals surface area contributed by atoms with Crippen molar-refractivity contribution in [1.29, 1.82) is 0 Å². The SMILES string of the molecule is CC/C=C\C/C=C\C/C=C\C/C=C\C/C=C\C/C=C\CCC(=O)CCCC(C)(C)C.CCCCC/C=C\C/C=C\C/C=C\C/C=C\CCCC(=O)NCCC(C)(C)C.CCCCC/C=C\C/C=C\C/C=C\C/C=C\CCCC(=O)OC(CC)CC(C)(C)C.CCCCC/C=C\C/C=C\C/C=C\C/C=C\CCCC(=O)OCC(C)CC(C)(C)C.CCCCC/C=C\C/C=C\C/C=C\C/C=C\CCCC(=O)OCC(CC)C(C)(C)C. The molecular formula is C139H235NO8. The lowest BCUT2D eigenvalue weighted by molar-refractivity contribution is -0.151. The number of unbranched alkanes of at least 4 members (excludes halogenated alkanes) is 16. The molecule has 9 heteroatoms. The summed E-state index contributed by atoms with van der Waals surface area (Å²) in [6.07, 6.45) is 155. The average Bonchev–Trinajstić information content (AvgIpc) is 0.842. The first-order chi connectivity index (χ1) is 71.1.